The van der Waals surface area contributed by atoms with Crippen LogP contribution in [0.1, 0.15) is 36.0 Å². The third kappa shape index (κ3) is 4.39. The summed E-state index contributed by atoms with van der Waals surface area (Å²) >= 11 is 0. The van der Waals surface area contributed by atoms with Gasteiger partial charge in [-0.2, -0.15) is 18.2 Å². The number of hydrogen-bond acceptors (Lipinski definition) is 4. The maximum atomic E-state index is 12.9. The predicted octanol–water partition coefficient (Wildman–Crippen LogP) is 4.69. The van der Waals surface area contributed by atoms with Crippen molar-refractivity contribution in [2.75, 3.05) is 19.6 Å². The summed E-state index contributed by atoms with van der Waals surface area (Å²) in [7, 11) is 0. The number of rotatable bonds is 7. The zero-order chi connectivity index (χ0) is 23.9. The van der Waals surface area contributed by atoms with Crippen LogP contribution in [-0.4, -0.2) is 39.1 Å². The van der Waals surface area contributed by atoms with Crippen LogP contribution in [0, 0.1) is 12.8 Å². The molecule has 0 amide bonds. The molecule has 5 nitrogen and oxygen atoms in total. The molecule has 34 heavy (non-hydrogen) atoms. The van der Waals surface area contributed by atoms with Gasteiger partial charge in [0.2, 0.25) is 0 Å². The summed E-state index contributed by atoms with van der Waals surface area (Å²) in [5, 5.41) is 0. The Hall–Kier alpha value is -3.00. The van der Waals surface area contributed by atoms with Crippen LogP contribution in [0.5, 0.6) is 0 Å². The Balaban J connectivity index is 1.14. The molecule has 2 fully saturated rings. The van der Waals surface area contributed by atoms with E-state index in [9.17, 15) is 18.0 Å². The highest BCUT2D eigenvalue weighted by atomic mass is 19.4. The van der Waals surface area contributed by atoms with Gasteiger partial charge in [0.25, 0.3) is 0 Å². The topological polar surface area (TPSA) is 51.0 Å². The molecule has 5 rings (SSSR count). The van der Waals surface area contributed by atoms with Gasteiger partial charge in [-0.15, -0.1) is 0 Å². The van der Waals surface area contributed by atoms with Crippen LogP contribution in [0.2, 0.25) is 0 Å². The van der Waals surface area contributed by atoms with Gasteiger partial charge >= 0.3 is 11.9 Å². The normalized spacial score (nSPS) is 22.1. The minimum Gasteiger partial charge on any atom is -0.302 e. The standard InChI is InChI=1S/C26H27F3N4O/c1-18-15-33(24(34)31-23(18)19-5-4-10-30-14-19)12-3-2-11-32-16-22-13-25(22,17-32)20-6-8-21(9-7-20)26(27,28)29/h4-10,14-15,22H,2-3,11-13,16-17H2,1H3/t22?,25-/m1/s1. The van der Waals surface area contributed by atoms with E-state index >= 15 is 0 Å². The molecule has 0 radical (unpaired) electrons. The van der Waals surface area contributed by atoms with Crippen LogP contribution in [0.3, 0.4) is 0 Å². The van der Waals surface area contributed by atoms with E-state index in [0.717, 1.165) is 55.6 Å². The number of likely N-dealkylation sites (tertiary alicyclic amines) is 1. The van der Waals surface area contributed by atoms with Crippen molar-refractivity contribution in [3.8, 4) is 11.3 Å². The maximum Gasteiger partial charge on any atom is 0.416 e. The number of aryl methyl sites for hydroxylation is 2. The van der Waals surface area contributed by atoms with Crippen molar-refractivity contribution in [2.45, 2.75) is 44.3 Å². The first-order valence-electron chi connectivity index (χ1n) is 11.6. The number of piperidine rings is 1. The lowest BCUT2D eigenvalue weighted by atomic mass is 9.94. The van der Waals surface area contributed by atoms with Gasteiger partial charge in [-0.1, -0.05) is 12.1 Å². The number of aromatic nitrogens is 3. The molecule has 2 aliphatic rings. The molecule has 0 bridgehead atoms. The molecule has 2 atom stereocenters. The highest BCUT2D eigenvalue weighted by Gasteiger charge is 2.60. The third-order valence-corrected chi connectivity index (χ3v) is 7.24. The van der Waals surface area contributed by atoms with E-state index in [1.54, 1.807) is 29.1 Å². The molecule has 178 valence electrons. The number of hydrogen-bond donors (Lipinski definition) is 0. The largest absolute Gasteiger partial charge is 0.416 e. The van der Waals surface area contributed by atoms with E-state index in [1.165, 1.54) is 12.1 Å². The van der Waals surface area contributed by atoms with Crippen LogP contribution in [0.15, 0.2) is 59.8 Å². The van der Waals surface area contributed by atoms with Gasteiger partial charge < -0.3 is 4.90 Å². The lowest BCUT2D eigenvalue weighted by molar-refractivity contribution is -0.137. The van der Waals surface area contributed by atoms with Gasteiger partial charge in [-0.05, 0) is 74.0 Å². The summed E-state index contributed by atoms with van der Waals surface area (Å²) < 4.78 is 40.3. The van der Waals surface area contributed by atoms with Crippen LogP contribution in [-0.2, 0) is 18.1 Å². The molecule has 1 aromatic carbocycles. The Morgan fingerprint density at radius 2 is 1.88 bits per heavy atom. The van der Waals surface area contributed by atoms with Crippen molar-refractivity contribution < 1.29 is 13.2 Å². The minimum absolute atomic E-state index is 0.0181. The highest BCUT2D eigenvalue weighted by Crippen LogP contribution is 2.59. The Bertz CT molecular complexity index is 1220. The molecule has 1 saturated heterocycles. The number of pyridine rings is 1. The van der Waals surface area contributed by atoms with Crippen molar-refractivity contribution in [3.05, 3.63) is 82.2 Å². The van der Waals surface area contributed by atoms with E-state index in [0.29, 0.717) is 18.2 Å². The lowest BCUT2D eigenvalue weighted by Gasteiger charge is -2.21. The average molecular weight is 469 g/mol. The maximum absolute atomic E-state index is 12.9. The van der Waals surface area contributed by atoms with Crippen molar-refractivity contribution in [2.24, 2.45) is 5.92 Å². The van der Waals surface area contributed by atoms with E-state index < -0.39 is 11.7 Å². The second kappa shape index (κ2) is 8.65. The molecule has 3 heterocycles. The molecule has 1 saturated carbocycles. The first-order chi connectivity index (χ1) is 16.3. The van der Waals surface area contributed by atoms with Crippen LogP contribution in [0.4, 0.5) is 13.2 Å². The van der Waals surface area contributed by atoms with Crippen LogP contribution < -0.4 is 5.69 Å². The van der Waals surface area contributed by atoms with Gasteiger partial charge in [0.1, 0.15) is 0 Å². The summed E-state index contributed by atoms with van der Waals surface area (Å²) in [6.07, 6.45) is 3.83. The highest BCUT2D eigenvalue weighted by molar-refractivity contribution is 5.60. The average Bonchev–Trinajstić information content (AvgIpc) is 3.40. The summed E-state index contributed by atoms with van der Waals surface area (Å²) in [6, 6.07) is 9.44. The van der Waals surface area contributed by atoms with Crippen molar-refractivity contribution in [3.63, 3.8) is 0 Å². The Labute approximate surface area is 196 Å². The fourth-order valence-electron chi connectivity index (χ4n) is 5.37. The number of nitrogens with zero attached hydrogens (tertiary/aromatic N) is 4. The van der Waals surface area contributed by atoms with Gasteiger partial charge in [0.05, 0.1) is 11.3 Å². The Kier molecular flexibility index (Phi) is 5.80. The van der Waals surface area contributed by atoms with Gasteiger partial charge in [0.15, 0.2) is 0 Å². The molecule has 1 aliphatic heterocycles. The van der Waals surface area contributed by atoms with Crippen LogP contribution >= 0.6 is 0 Å². The van der Waals surface area contributed by atoms with E-state index in [2.05, 4.69) is 14.9 Å². The Morgan fingerprint density at radius 3 is 2.59 bits per heavy atom. The predicted molar refractivity (Wildman–Crippen MR) is 123 cm³/mol. The van der Waals surface area contributed by atoms with Crippen molar-refractivity contribution in [1.82, 2.24) is 19.4 Å². The Morgan fingerprint density at radius 1 is 1.12 bits per heavy atom. The lowest BCUT2D eigenvalue weighted by Crippen LogP contribution is -2.28. The minimum atomic E-state index is -4.30. The molecule has 8 heteroatoms. The van der Waals surface area contributed by atoms with E-state index in [1.807, 2.05) is 25.3 Å². The number of unbranched alkanes of at least 4 members (excludes halogenated alkanes) is 1. The van der Waals surface area contributed by atoms with Crippen LogP contribution in [0.25, 0.3) is 11.3 Å². The van der Waals surface area contributed by atoms with Gasteiger partial charge in [-0.3, -0.25) is 9.55 Å². The molecule has 2 aromatic heterocycles. The fourth-order valence-corrected chi connectivity index (χ4v) is 5.37. The van der Waals surface area contributed by atoms with E-state index in [4.69, 9.17) is 0 Å². The fraction of sp³-hybridized carbons (Fsp3) is 0.423. The van der Waals surface area contributed by atoms with Gasteiger partial charge in [-0.25, -0.2) is 4.79 Å². The summed E-state index contributed by atoms with van der Waals surface area (Å²) in [5.41, 5.74) is 2.63. The molecule has 0 N–H and O–H groups in total. The SMILES string of the molecule is Cc1cn(CCCCN2CC3C[C@]3(c3ccc(C(F)(F)F)cc3)C2)c(=O)nc1-c1cccnc1. The van der Waals surface area contributed by atoms with Crippen molar-refractivity contribution in [1.29, 1.82) is 0 Å². The molecule has 1 unspecified atom stereocenters. The quantitative estimate of drug-likeness (QED) is 0.473. The number of halogens is 3. The summed E-state index contributed by atoms with van der Waals surface area (Å²) in [4.78, 5) is 23.3. The third-order valence-electron chi connectivity index (χ3n) is 7.24. The summed E-state index contributed by atoms with van der Waals surface area (Å²) in [5.74, 6) is 0.527. The number of fused-ring (bicyclic) bond motifs is 1. The monoisotopic (exact) mass is 468 g/mol. The zero-order valence-corrected chi connectivity index (χ0v) is 19.1. The summed E-state index contributed by atoms with van der Waals surface area (Å²) in [6.45, 7) is 5.36. The smallest absolute Gasteiger partial charge is 0.302 e. The zero-order valence-electron chi connectivity index (χ0n) is 19.1. The number of alkyl halides is 3. The van der Waals surface area contributed by atoms with E-state index in [-0.39, 0.29) is 11.1 Å². The molecule has 3 aromatic rings. The first kappa shape index (κ1) is 22.8. The molecule has 0 spiro atoms. The van der Waals surface area contributed by atoms with Crippen molar-refractivity contribution >= 4 is 0 Å². The number of benzene rings is 1. The molecule has 1 aliphatic carbocycles. The second-order valence-electron chi connectivity index (χ2n) is 9.56. The second-order valence-corrected chi connectivity index (χ2v) is 9.56. The molecular formula is C26H27F3N4O. The first-order valence-corrected chi connectivity index (χ1v) is 11.6. The van der Waals surface area contributed by atoms with Gasteiger partial charge in [0, 0.05) is 49.2 Å². The molecular weight excluding hydrogens is 441 g/mol.